The predicted molar refractivity (Wildman–Crippen MR) is 126 cm³/mol. The fourth-order valence-electron chi connectivity index (χ4n) is 3.50. The fraction of sp³-hybridized carbons (Fsp3) is 0.217. The number of nitrogens with one attached hydrogen (secondary N) is 3. The Kier molecular flexibility index (Phi) is 7.07. The van der Waals surface area contributed by atoms with Gasteiger partial charge in [-0.05, 0) is 68.0 Å². The molecule has 0 spiro atoms. The van der Waals surface area contributed by atoms with E-state index in [-0.39, 0.29) is 0 Å². The van der Waals surface area contributed by atoms with Crippen LogP contribution in [0.1, 0.15) is 31.0 Å². The van der Waals surface area contributed by atoms with Crippen molar-refractivity contribution in [3.63, 3.8) is 0 Å². The smallest absolute Gasteiger partial charge is 0.337 e. The Hall–Kier alpha value is -3.90. The van der Waals surface area contributed by atoms with Gasteiger partial charge in [0.05, 0.1) is 30.4 Å². The fourth-order valence-corrected chi connectivity index (χ4v) is 3.89. The lowest BCUT2D eigenvalue weighted by atomic mass is 9.94. The highest BCUT2D eigenvalue weighted by molar-refractivity contribution is 7.80. The first-order chi connectivity index (χ1) is 15.4. The molecule has 1 heterocycles. The van der Waals surface area contributed by atoms with Crippen LogP contribution in [0.25, 0.3) is 0 Å². The molecule has 0 saturated carbocycles. The van der Waals surface area contributed by atoms with Crippen molar-refractivity contribution in [3.8, 4) is 6.07 Å². The van der Waals surface area contributed by atoms with Gasteiger partial charge in [0.15, 0.2) is 5.11 Å². The van der Waals surface area contributed by atoms with E-state index in [0.29, 0.717) is 34.2 Å². The molecule has 1 atom stereocenters. The summed E-state index contributed by atoms with van der Waals surface area (Å²) in [6.07, 6.45) is 0. The molecule has 0 saturated heterocycles. The summed E-state index contributed by atoms with van der Waals surface area (Å²) in [7, 11) is 1.34. The molecular weight excluding hydrogens is 426 g/mol. The third-order valence-corrected chi connectivity index (χ3v) is 5.41. The van der Waals surface area contributed by atoms with Crippen LogP contribution in [0, 0.1) is 11.3 Å². The minimum atomic E-state index is -0.513. The van der Waals surface area contributed by atoms with Crippen molar-refractivity contribution in [2.24, 2.45) is 0 Å². The van der Waals surface area contributed by atoms with Gasteiger partial charge in [-0.15, -0.1) is 0 Å². The molecule has 8 nitrogen and oxygen atoms in total. The minimum Gasteiger partial charge on any atom is -0.466 e. The van der Waals surface area contributed by atoms with E-state index >= 15 is 0 Å². The maximum Gasteiger partial charge on any atom is 0.337 e. The van der Waals surface area contributed by atoms with Crippen molar-refractivity contribution in [3.05, 3.63) is 70.9 Å². The normalized spacial score (nSPS) is 15.5. The zero-order chi connectivity index (χ0) is 23.3. The minimum absolute atomic E-state index is 0.434. The second-order valence-corrected chi connectivity index (χ2v) is 7.40. The van der Waals surface area contributed by atoms with Crippen molar-refractivity contribution in [1.29, 1.82) is 5.26 Å². The first-order valence-corrected chi connectivity index (χ1v) is 10.3. The molecule has 0 aromatic heterocycles. The molecule has 0 bridgehead atoms. The van der Waals surface area contributed by atoms with E-state index in [1.165, 1.54) is 7.11 Å². The van der Waals surface area contributed by atoms with Crippen molar-refractivity contribution in [2.75, 3.05) is 24.3 Å². The summed E-state index contributed by atoms with van der Waals surface area (Å²) in [6, 6.07) is 14.8. The Morgan fingerprint density at radius 1 is 1.19 bits per heavy atom. The molecular formula is C23H23N5O3S. The van der Waals surface area contributed by atoms with Crippen molar-refractivity contribution in [2.45, 2.75) is 19.9 Å². The van der Waals surface area contributed by atoms with E-state index in [1.54, 1.807) is 42.5 Å². The molecule has 0 fully saturated rings. The Morgan fingerprint density at radius 2 is 1.88 bits per heavy atom. The SMILES string of the molecule is CCN1C(=S)N[C@@H](c2cccc(NC(=O)Nc3ccc(C#N)cc3)c2)C(C(=O)OC)=C1C. The number of methoxy groups -OCH3 is 1. The molecule has 2 aromatic rings. The van der Waals surface area contributed by atoms with Gasteiger partial charge in [0.2, 0.25) is 0 Å². The molecule has 3 N–H and O–H groups in total. The highest BCUT2D eigenvalue weighted by atomic mass is 32.1. The molecule has 1 aliphatic heterocycles. The van der Waals surface area contributed by atoms with E-state index in [4.69, 9.17) is 22.2 Å². The van der Waals surface area contributed by atoms with Gasteiger partial charge in [-0.25, -0.2) is 9.59 Å². The number of carbonyl (C=O) groups excluding carboxylic acids is 2. The summed E-state index contributed by atoms with van der Waals surface area (Å²) in [4.78, 5) is 26.8. The molecule has 0 aliphatic carbocycles. The Morgan fingerprint density at radius 3 is 2.50 bits per heavy atom. The number of amides is 2. The van der Waals surface area contributed by atoms with Gasteiger partial charge in [-0.2, -0.15) is 5.26 Å². The topological polar surface area (TPSA) is 106 Å². The van der Waals surface area contributed by atoms with Gasteiger partial charge >= 0.3 is 12.0 Å². The lowest BCUT2D eigenvalue weighted by Gasteiger charge is -2.37. The van der Waals surface area contributed by atoms with Crippen LogP contribution in [0.15, 0.2) is 59.8 Å². The number of thiocarbonyl (C=S) groups is 1. The van der Waals surface area contributed by atoms with Crippen LogP contribution in [-0.2, 0) is 9.53 Å². The maximum atomic E-state index is 12.6. The largest absolute Gasteiger partial charge is 0.466 e. The summed E-state index contributed by atoms with van der Waals surface area (Å²) >= 11 is 5.48. The first kappa shape index (κ1) is 22.8. The molecule has 9 heteroatoms. The lowest BCUT2D eigenvalue weighted by Crippen LogP contribution is -2.47. The van der Waals surface area contributed by atoms with E-state index < -0.39 is 18.0 Å². The zero-order valence-corrected chi connectivity index (χ0v) is 18.7. The van der Waals surface area contributed by atoms with Crippen molar-refractivity contribution >= 4 is 40.7 Å². The average Bonchev–Trinajstić information content (AvgIpc) is 2.79. The van der Waals surface area contributed by atoms with Crippen LogP contribution < -0.4 is 16.0 Å². The van der Waals surface area contributed by atoms with E-state index in [2.05, 4.69) is 16.0 Å². The highest BCUT2D eigenvalue weighted by Gasteiger charge is 2.34. The van der Waals surface area contributed by atoms with E-state index in [1.807, 2.05) is 30.9 Å². The quantitative estimate of drug-likeness (QED) is 0.469. The van der Waals surface area contributed by atoms with Gasteiger partial charge in [0, 0.05) is 23.6 Å². The number of benzene rings is 2. The summed E-state index contributed by atoms with van der Waals surface area (Å²) in [5.41, 5.74) is 3.54. The third-order valence-electron chi connectivity index (χ3n) is 5.07. The highest BCUT2D eigenvalue weighted by Crippen LogP contribution is 2.32. The molecule has 0 radical (unpaired) electrons. The van der Waals surface area contributed by atoms with Gasteiger partial charge < -0.3 is 25.6 Å². The van der Waals surface area contributed by atoms with Crippen molar-refractivity contribution < 1.29 is 14.3 Å². The van der Waals surface area contributed by atoms with Gasteiger partial charge in [-0.1, -0.05) is 12.1 Å². The second kappa shape index (κ2) is 9.94. The Bertz CT molecular complexity index is 1120. The van der Waals surface area contributed by atoms with Gasteiger partial charge in [-0.3, -0.25) is 0 Å². The number of carbonyl (C=O) groups is 2. The molecule has 164 valence electrons. The molecule has 1 aliphatic rings. The van der Waals surface area contributed by atoms with Crippen LogP contribution in [-0.4, -0.2) is 35.7 Å². The molecule has 2 amide bonds. The zero-order valence-electron chi connectivity index (χ0n) is 17.9. The number of ether oxygens (including phenoxy) is 1. The number of anilines is 2. The number of hydrogen-bond acceptors (Lipinski definition) is 5. The number of hydrogen-bond donors (Lipinski definition) is 3. The van der Waals surface area contributed by atoms with E-state index in [0.717, 1.165) is 11.3 Å². The average molecular weight is 450 g/mol. The number of nitriles is 1. The summed E-state index contributed by atoms with van der Waals surface area (Å²) in [6.45, 7) is 4.40. The number of nitrogens with zero attached hydrogens (tertiary/aromatic N) is 2. The van der Waals surface area contributed by atoms with Crippen LogP contribution in [0.4, 0.5) is 16.2 Å². The standard InChI is InChI=1S/C23H23N5O3S/c1-4-28-14(2)19(21(29)31-3)20(27-23(28)32)16-6-5-7-18(12-16)26-22(30)25-17-10-8-15(13-24)9-11-17/h5-12,20H,4H2,1-3H3,(H,27,32)(H2,25,26,30)/t20-/m0/s1. The first-order valence-electron chi connectivity index (χ1n) is 9.93. The summed E-state index contributed by atoms with van der Waals surface area (Å²) in [5.74, 6) is -0.446. The predicted octanol–water partition coefficient (Wildman–Crippen LogP) is 3.90. The molecule has 0 unspecified atom stereocenters. The van der Waals surface area contributed by atoms with Crippen LogP contribution in [0.5, 0.6) is 0 Å². The van der Waals surface area contributed by atoms with Gasteiger partial charge in [0.25, 0.3) is 0 Å². The molecule has 2 aromatic carbocycles. The second-order valence-electron chi connectivity index (χ2n) is 7.01. The van der Waals surface area contributed by atoms with Crippen LogP contribution in [0.2, 0.25) is 0 Å². The maximum absolute atomic E-state index is 12.6. The van der Waals surface area contributed by atoms with Gasteiger partial charge in [0.1, 0.15) is 0 Å². The third kappa shape index (κ3) is 4.87. The van der Waals surface area contributed by atoms with Crippen LogP contribution >= 0.6 is 12.2 Å². The van der Waals surface area contributed by atoms with E-state index in [9.17, 15) is 9.59 Å². The number of urea groups is 1. The molecule has 3 rings (SSSR count). The number of esters is 1. The monoisotopic (exact) mass is 449 g/mol. The number of allylic oxidation sites excluding steroid dienone is 1. The van der Waals surface area contributed by atoms with Crippen molar-refractivity contribution in [1.82, 2.24) is 10.2 Å². The molecule has 32 heavy (non-hydrogen) atoms. The Balaban J connectivity index is 1.83. The van der Waals surface area contributed by atoms with Crippen LogP contribution in [0.3, 0.4) is 0 Å². The summed E-state index contributed by atoms with van der Waals surface area (Å²) < 4.78 is 5.01. The number of rotatable bonds is 5. The lowest BCUT2D eigenvalue weighted by molar-refractivity contribution is -0.136. The summed E-state index contributed by atoms with van der Waals surface area (Å²) in [5, 5.41) is 18.1. The Labute approximate surface area is 191 Å².